The van der Waals surface area contributed by atoms with Crippen molar-refractivity contribution in [2.45, 2.75) is 6.54 Å². The molecule has 6 nitrogen and oxygen atoms in total. The summed E-state index contributed by atoms with van der Waals surface area (Å²) in [6.45, 7) is 4.41. The molecule has 0 spiro atoms. The molecule has 146 valence electrons. The van der Waals surface area contributed by atoms with Gasteiger partial charge < -0.3 is 9.88 Å². The zero-order chi connectivity index (χ0) is 19.5. The highest BCUT2D eigenvalue weighted by atomic mass is 19.1. The van der Waals surface area contributed by atoms with Crippen molar-refractivity contribution in [1.29, 1.82) is 0 Å². The lowest BCUT2D eigenvalue weighted by atomic mass is 10.3. The van der Waals surface area contributed by atoms with Crippen molar-refractivity contribution in [3.05, 3.63) is 60.2 Å². The van der Waals surface area contributed by atoms with E-state index in [4.69, 9.17) is 4.98 Å². The molecule has 0 saturated carbocycles. The van der Waals surface area contributed by atoms with E-state index in [0.717, 1.165) is 49.6 Å². The molecule has 1 aliphatic rings. The van der Waals surface area contributed by atoms with E-state index < -0.39 is 5.82 Å². The second-order valence-electron chi connectivity index (χ2n) is 7.16. The summed E-state index contributed by atoms with van der Waals surface area (Å²) in [7, 11) is 2.05. The second-order valence-corrected chi connectivity index (χ2v) is 7.16. The monoisotopic (exact) mass is 381 g/mol. The molecule has 0 atom stereocenters. The molecule has 1 amide bonds. The van der Waals surface area contributed by atoms with E-state index in [9.17, 15) is 9.18 Å². The Morgan fingerprint density at radius 3 is 2.46 bits per heavy atom. The number of para-hydroxylation sites is 3. The molecule has 2 heterocycles. The summed E-state index contributed by atoms with van der Waals surface area (Å²) >= 11 is 0. The molecule has 1 aromatic heterocycles. The van der Waals surface area contributed by atoms with E-state index in [1.807, 2.05) is 25.2 Å². The molecule has 1 saturated heterocycles. The number of carbonyl (C=O) groups is 1. The fourth-order valence-corrected chi connectivity index (χ4v) is 3.60. The van der Waals surface area contributed by atoms with Gasteiger partial charge in [0.05, 0.1) is 29.8 Å². The van der Waals surface area contributed by atoms with Crippen molar-refractivity contribution < 1.29 is 9.18 Å². The zero-order valence-corrected chi connectivity index (χ0v) is 15.9. The quantitative estimate of drug-likeness (QED) is 0.738. The average Bonchev–Trinajstić information content (AvgIpc) is 3.01. The number of anilines is 1. The first kappa shape index (κ1) is 18.6. The number of nitrogens with one attached hydrogen (secondary N) is 1. The number of rotatable bonds is 5. The summed E-state index contributed by atoms with van der Waals surface area (Å²) in [5, 5.41) is 2.65. The fourth-order valence-electron chi connectivity index (χ4n) is 3.60. The number of halogens is 1. The molecule has 1 aliphatic heterocycles. The van der Waals surface area contributed by atoms with Crippen LogP contribution < -0.4 is 5.32 Å². The number of piperazine rings is 1. The molecule has 3 aromatic rings. The highest BCUT2D eigenvalue weighted by Crippen LogP contribution is 2.16. The minimum absolute atomic E-state index is 0.186. The van der Waals surface area contributed by atoms with Crippen LogP contribution in [0.15, 0.2) is 48.5 Å². The molecule has 2 aromatic carbocycles. The van der Waals surface area contributed by atoms with Crippen LogP contribution in [0, 0.1) is 5.82 Å². The predicted molar refractivity (Wildman–Crippen MR) is 107 cm³/mol. The number of benzene rings is 2. The Hall–Kier alpha value is -2.77. The van der Waals surface area contributed by atoms with Gasteiger partial charge in [0.15, 0.2) is 0 Å². The van der Waals surface area contributed by atoms with Gasteiger partial charge in [-0.2, -0.15) is 0 Å². The molecule has 0 unspecified atom stereocenters. The Morgan fingerprint density at radius 1 is 1.04 bits per heavy atom. The fraction of sp³-hybridized carbons (Fsp3) is 0.333. The number of nitrogens with zero attached hydrogens (tertiary/aromatic N) is 4. The van der Waals surface area contributed by atoms with Crippen LogP contribution in [-0.4, -0.2) is 58.0 Å². The topological polar surface area (TPSA) is 53.4 Å². The maximum atomic E-state index is 13.7. The lowest BCUT2D eigenvalue weighted by molar-refractivity contribution is -0.117. The van der Waals surface area contributed by atoms with Gasteiger partial charge in [0.1, 0.15) is 11.6 Å². The van der Waals surface area contributed by atoms with Crippen molar-refractivity contribution >= 4 is 22.6 Å². The molecule has 0 radical (unpaired) electrons. The molecule has 1 fully saturated rings. The predicted octanol–water partition coefficient (Wildman–Crippen LogP) is 2.47. The van der Waals surface area contributed by atoms with Crippen molar-refractivity contribution in [3.63, 3.8) is 0 Å². The van der Waals surface area contributed by atoms with Crippen LogP contribution in [0.5, 0.6) is 0 Å². The van der Waals surface area contributed by atoms with E-state index in [1.54, 1.807) is 18.2 Å². The Kier molecular flexibility index (Phi) is 5.36. The van der Waals surface area contributed by atoms with Crippen LogP contribution in [-0.2, 0) is 18.4 Å². The average molecular weight is 381 g/mol. The molecule has 1 N–H and O–H groups in total. The second kappa shape index (κ2) is 8.08. The number of imidazole rings is 1. The van der Waals surface area contributed by atoms with Crippen molar-refractivity contribution in [2.24, 2.45) is 7.05 Å². The SMILES string of the molecule is Cn1c(CN2CCN(CC(=O)Nc3ccccc3F)CC2)nc2ccccc21. The zero-order valence-electron chi connectivity index (χ0n) is 15.9. The summed E-state index contributed by atoms with van der Waals surface area (Å²) in [6, 6.07) is 14.4. The van der Waals surface area contributed by atoms with Crippen molar-refractivity contribution in [1.82, 2.24) is 19.4 Å². The number of aromatic nitrogens is 2. The number of fused-ring (bicyclic) bond motifs is 1. The normalized spacial score (nSPS) is 15.8. The summed E-state index contributed by atoms with van der Waals surface area (Å²) < 4.78 is 15.8. The molecule has 4 rings (SSSR count). The first-order chi connectivity index (χ1) is 13.6. The van der Waals surface area contributed by atoms with Gasteiger partial charge >= 0.3 is 0 Å². The van der Waals surface area contributed by atoms with Crippen LogP contribution >= 0.6 is 0 Å². The van der Waals surface area contributed by atoms with E-state index >= 15 is 0 Å². The largest absolute Gasteiger partial charge is 0.330 e. The minimum Gasteiger partial charge on any atom is -0.330 e. The third kappa shape index (κ3) is 4.05. The maximum Gasteiger partial charge on any atom is 0.238 e. The molecule has 0 bridgehead atoms. The third-order valence-corrected chi connectivity index (χ3v) is 5.22. The summed E-state index contributed by atoms with van der Waals surface area (Å²) in [4.78, 5) is 21.4. The van der Waals surface area contributed by atoms with Crippen LogP contribution in [0.3, 0.4) is 0 Å². The van der Waals surface area contributed by atoms with E-state index in [0.29, 0.717) is 0 Å². The molecule has 28 heavy (non-hydrogen) atoms. The minimum atomic E-state index is -0.414. The number of aryl methyl sites for hydroxylation is 1. The van der Waals surface area contributed by atoms with E-state index in [-0.39, 0.29) is 18.1 Å². The third-order valence-electron chi connectivity index (χ3n) is 5.22. The van der Waals surface area contributed by atoms with Gasteiger partial charge in [-0.15, -0.1) is 0 Å². The highest BCUT2D eigenvalue weighted by Gasteiger charge is 2.21. The van der Waals surface area contributed by atoms with Gasteiger partial charge in [0.2, 0.25) is 5.91 Å². The standard InChI is InChI=1S/C21H24FN5O/c1-25-19-9-5-4-8-18(19)23-20(25)14-26-10-12-27(13-11-26)15-21(28)24-17-7-3-2-6-16(17)22/h2-9H,10-15H2,1H3,(H,24,28). The Labute approximate surface area is 163 Å². The Balaban J connectivity index is 1.29. The van der Waals surface area contributed by atoms with E-state index in [1.165, 1.54) is 6.07 Å². The molecular weight excluding hydrogens is 357 g/mol. The lowest BCUT2D eigenvalue weighted by Crippen LogP contribution is -2.48. The van der Waals surface area contributed by atoms with Gasteiger partial charge in [0.25, 0.3) is 0 Å². The van der Waals surface area contributed by atoms with Gasteiger partial charge in [-0.1, -0.05) is 24.3 Å². The van der Waals surface area contributed by atoms with Crippen molar-refractivity contribution in [2.75, 3.05) is 38.0 Å². The number of amides is 1. The number of hydrogen-bond acceptors (Lipinski definition) is 4. The van der Waals surface area contributed by atoms with Crippen LogP contribution in [0.1, 0.15) is 5.82 Å². The number of hydrogen-bond donors (Lipinski definition) is 1. The van der Waals surface area contributed by atoms with Gasteiger partial charge in [-0.05, 0) is 24.3 Å². The smallest absolute Gasteiger partial charge is 0.238 e. The first-order valence-electron chi connectivity index (χ1n) is 9.49. The number of carbonyl (C=O) groups excluding carboxylic acids is 1. The Morgan fingerprint density at radius 2 is 1.71 bits per heavy atom. The molecular formula is C21H24FN5O. The summed E-state index contributed by atoms with van der Waals surface area (Å²) in [5.41, 5.74) is 2.39. The lowest BCUT2D eigenvalue weighted by Gasteiger charge is -2.34. The summed E-state index contributed by atoms with van der Waals surface area (Å²) in [5.74, 6) is 0.448. The van der Waals surface area contributed by atoms with Gasteiger partial charge in [0, 0.05) is 33.2 Å². The molecule has 7 heteroatoms. The van der Waals surface area contributed by atoms with Crippen LogP contribution in [0.25, 0.3) is 11.0 Å². The van der Waals surface area contributed by atoms with E-state index in [2.05, 4.69) is 25.8 Å². The van der Waals surface area contributed by atoms with Gasteiger partial charge in [-0.3, -0.25) is 14.6 Å². The first-order valence-corrected chi connectivity index (χ1v) is 9.49. The maximum absolute atomic E-state index is 13.7. The van der Waals surface area contributed by atoms with Crippen LogP contribution in [0.2, 0.25) is 0 Å². The van der Waals surface area contributed by atoms with Gasteiger partial charge in [-0.25, -0.2) is 9.37 Å². The summed E-state index contributed by atoms with van der Waals surface area (Å²) in [6.07, 6.45) is 0. The highest BCUT2D eigenvalue weighted by molar-refractivity contribution is 5.92. The van der Waals surface area contributed by atoms with Crippen molar-refractivity contribution in [3.8, 4) is 0 Å². The Bertz CT molecular complexity index is 978. The van der Waals surface area contributed by atoms with Crippen LogP contribution in [0.4, 0.5) is 10.1 Å². The molecule has 0 aliphatic carbocycles.